The lowest BCUT2D eigenvalue weighted by Crippen LogP contribution is -2.65. The van der Waals surface area contributed by atoms with E-state index in [-0.39, 0.29) is 18.2 Å². The number of para-hydroxylation sites is 1. The third kappa shape index (κ3) is 5.93. The summed E-state index contributed by atoms with van der Waals surface area (Å²) in [7, 11) is 1.50. The summed E-state index contributed by atoms with van der Waals surface area (Å²) >= 11 is 0. The maximum atomic E-state index is 13.6. The normalized spacial score (nSPS) is 18.0. The van der Waals surface area contributed by atoms with Crippen molar-refractivity contribution in [1.29, 1.82) is 0 Å². The fraction of sp³-hybridized carbons (Fsp3) is 0.370. The second kappa shape index (κ2) is 13.3. The number of amides is 1. The Morgan fingerprint density at radius 2 is 2.00 bits per heavy atom. The summed E-state index contributed by atoms with van der Waals surface area (Å²) < 4.78 is 5.53. The first kappa shape index (κ1) is 29.4. The van der Waals surface area contributed by atoms with E-state index in [1.54, 1.807) is 11.1 Å². The molecule has 10 N–H and O–H groups in total. The Kier molecular flexibility index (Phi) is 9.28. The fourth-order valence-electron chi connectivity index (χ4n) is 5.25. The van der Waals surface area contributed by atoms with Crippen molar-refractivity contribution in [2.75, 3.05) is 58.0 Å². The van der Waals surface area contributed by atoms with Gasteiger partial charge in [0.2, 0.25) is 0 Å². The summed E-state index contributed by atoms with van der Waals surface area (Å²) in [6, 6.07) is 9.14. The molecule has 15 heteroatoms. The standard InChI is InChI=1S/C27H37N11O4/c1-42-21-16-32-23(20-13-17(34-35-20)14-30-7-12-39)24-22(21)19(15-31-24)25(40)26(41)36-8-10-37(11-9-36)27(33-28)38(29)18-5-3-2-4-6-18/h2-6,13,15-16,20,27,30-31,33-35,39H,7-12,14,28-29H2,1H3. The van der Waals surface area contributed by atoms with E-state index in [0.29, 0.717) is 61.6 Å². The summed E-state index contributed by atoms with van der Waals surface area (Å²) in [6.07, 6.45) is 4.55. The van der Waals surface area contributed by atoms with Crippen LogP contribution < -0.4 is 43.0 Å². The van der Waals surface area contributed by atoms with Gasteiger partial charge < -0.3 is 30.5 Å². The van der Waals surface area contributed by atoms with Gasteiger partial charge in [0.25, 0.3) is 11.7 Å². The number of hydrogen-bond donors (Lipinski definition) is 8. The number of carbonyl (C=O) groups is 2. The number of nitrogens with one attached hydrogen (secondary N) is 5. The number of nitrogens with zero attached hydrogens (tertiary/aromatic N) is 4. The first-order valence-electron chi connectivity index (χ1n) is 13.7. The number of aromatic amines is 1. The minimum Gasteiger partial charge on any atom is -0.494 e. The largest absolute Gasteiger partial charge is 0.494 e. The quantitative estimate of drug-likeness (QED) is 0.0312. The Labute approximate surface area is 242 Å². The highest BCUT2D eigenvalue weighted by molar-refractivity contribution is 6.45. The number of hydrogen-bond acceptors (Lipinski definition) is 13. The van der Waals surface area contributed by atoms with Crippen LogP contribution in [0.3, 0.4) is 0 Å². The van der Waals surface area contributed by atoms with Crippen LogP contribution in [0.5, 0.6) is 5.75 Å². The number of aliphatic hydroxyl groups excluding tert-OH is 1. The van der Waals surface area contributed by atoms with Crippen molar-refractivity contribution in [2.24, 2.45) is 11.7 Å². The number of anilines is 1. The van der Waals surface area contributed by atoms with E-state index in [9.17, 15) is 9.59 Å². The molecule has 224 valence electrons. The highest BCUT2D eigenvalue weighted by Gasteiger charge is 2.33. The van der Waals surface area contributed by atoms with Crippen molar-refractivity contribution in [2.45, 2.75) is 12.3 Å². The number of methoxy groups -OCH3 is 1. The monoisotopic (exact) mass is 579 g/mol. The van der Waals surface area contributed by atoms with Crippen LogP contribution in [0.4, 0.5) is 5.69 Å². The van der Waals surface area contributed by atoms with E-state index in [2.05, 4.69) is 31.6 Å². The molecule has 1 saturated heterocycles. The summed E-state index contributed by atoms with van der Waals surface area (Å²) in [5.74, 6) is 11.3. The van der Waals surface area contributed by atoms with Crippen molar-refractivity contribution in [3.63, 3.8) is 0 Å². The van der Waals surface area contributed by atoms with Crippen molar-refractivity contribution in [3.8, 4) is 5.75 Å². The maximum Gasteiger partial charge on any atom is 0.295 e. The van der Waals surface area contributed by atoms with Crippen molar-refractivity contribution < 1.29 is 19.4 Å². The molecule has 1 amide bonds. The molecule has 1 aromatic carbocycles. The highest BCUT2D eigenvalue weighted by atomic mass is 16.5. The molecule has 0 saturated carbocycles. The number of ketones is 1. The molecule has 2 atom stereocenters. The zero-order chi connectivity index (χ0) is 29.6. The van der Waals surface area contributed by atoms with Crippen LogP contribution >= 0.6 is 0 Å². The summed E-state index contributed by atoms with van der Waals surface area (Å²) in [5, 5.41) is 14.1. The van der Waals surface area contributed by atoms with E-state index < -0.39 is 18.0 Å². The third-order valence-electron chi connectivity index (χ3n) is 7.43. The minimum absolute atomic E-state index is 0.0461. The number of ether oxygens (including phenoxy) is 1. The van der Waals surface area contributed by atoms with Crippen LogP contribution in [-0.4, -0.2) is 95.8 Å². The number of benzene rings is 1. The number of fused-ring (bicyclic) bond motifs is 1. The van der Waals surface area contributed by atoms with E-state index in [4.69, 9.17) is 21.5 Å². The molecule has 5 rings (SSSR count). The zero-order valence-electron chi connectivity index (χ0n) is 23.3. The van der Waals surface area contributed by atoms with Gasteiger partial charge in [-0.05, 0) is 18.2 Å². The number of nitrogens with two attached hydrogens (primary N) is 2. The average Bonchev–Trinajstić information content (AvgIpc) is 3.69. The lowest BCUT2D eigenvalue weighted by molar-refractivity contribution is -0.128. The van der Waals surface area contributed by atoms with Crippen LogP contribution in [0.1, 0.15) is 22.1 Å². The molecule has 2 aliphatic rings. The number of pyridine rings is 1. The predicted octanol–water partition coefficient (Wildman–Crippen LogP) is -1.36. The first-order valence-corrected chi connectivity index (χ1v) is 13.7. The number of piperazine rings is 1. The molecule has 2 aromatic heterocycles. The lowest BCUT2D eigenvalue weighted by atomic mass is 10.0. The van der Waals surface area contributed by atoms with Crippen molar-refractivity contribution in [1.82, 2.24) is 41.4 Å². The molecule has 1 fully saturated rings. The summed E-state index contributed by atoms with van der Waals surface area (Å²) in [6.45, 7) is 2.63. The number of hydrazine groups is 3. The van der Waals surface area contributed by atoms with Gasteiger partial charge in [-0.25, -0.2) is 16.7 Å². The summed E-state index contributed by atoms with van der Waals surface area (Å²) in [5.41, 5.74) is 12.1. The topological polar surface area (TPSA) is 202 Å². The van der Waals surface area contributed by atoms with Crippen LogP contribution in [0.15, 0.2) is 54.5 Å². The van der Waals surface area contributed by atoms with Crippen LogP contribution in [0.25, 0.3) is 10.9 Å². The molecule has 0 spiro atoms. The number of aliphatic hydroxyl groups is 1. The molecule has 15 nitrogen and oxygen atoms in total. The lowest BCUT2D eigenvalue weighted by Gasteiger charge is -2.42. The van der Waals surface area contributed by atoms with Gasteiger partial charge in [0, 0.05) is 51.2 Å². The fourth-order valence-corrected chi connectivity index (χ4v) is 5.25. The molecule has 3 aromatic rings. The van der Waals surface area contributed by atoms with Crippen molar-refractivity contribution >= 4 is 28.3 Å². The average molecular weight is 580 g/mol. The number of aromatic nitrogens is 2. The second-order valence-electron chi connectivity index (χ2n) is 9.94. The SMILES string of the molecule is COc1cnc(C2C=C(CNCCO)NN2)c2[nH]cc(C(=O)C(=O)N3CCN(C(NN)N(N)c4ccccc4)CC3)c12. The van der Waals surface area contributed by atoms with Gasteiger partial charge in [-0.3, -0.25) is 30.3 Å². The Balaban J connectivity index is 1.30. The number of H-pyrrole nitrogens is 1. The highest BCUT2D eigenvalue weighted by Crippen LogP contribution is 2.34. The minimum atomic E-state index is -0.634. The van der Waals surface area contributed by atoms with E-state index in [1.807, 2.05) is 41.3 Å². The number of Topliss-reactive ketones (excluding diaryl/α,β-unsaturated/α-hetero) is 1. The molecular formula is C27H37N11O4. The van der Waals surface area contributed by atoms with Crippen LogP contribution in [-0.2, 0) is 4.79 Å². The molecule has 2 unspecified atom stereocenters. The number of rotatable bonds is 12. The second-order valence-corrected chi connectivity index (χ2v) is 9.94. The van der Waals surface area contributed by atoms with Gasteiger partial charge in [-0.1, -0.05) is 18.2 Å². The predicted molar refractivity (Wildman–Crippen MR) is 156 cm³/mol. The van der Waals surface area contributed by atoms with Gasteiger partial charge in [0.05, 0.1) is 53.8 Å². The Bertz CT molecular complexity index is 1420. The smallest absolute Gasteiger partial charge is 0.295 e. The Morgan fingerprint density at radius 3 is 2.69 bits per heavy atom. The van der Waals surface area contributed by atoms with E-state index >= 15 is 0 Å². The molecule has 0 bridgehead atoms. The molecule has 4 heterocycles. The summed E-state index contributed by atoms with van der Waals surface area (Å²) in [4.78, 5) is 38.2. The number of carbonyl (C=O) groups excluding carboxylic acids is 2. The van der Waals surface area contributed by atoms with Gasteiger partial charge in [-0.2, -0.15) is 0 Å². The van der Waals surface area contributed by atoms with Gasteiger partial charge >= 0.3 is 0 Å². The van der Waals surface area contributed by atoms with Gasteiger partial charge in [0.15, 0.2) is 6.29 Å². The Hall–Kier alpha value is -4.09. The zero-order valence-corrected chi connectivity index (χ0v) is 23.3. The first-order chi connectivity index (χ1) is 20.5. The molecular weight excluding hydrogens is 542 g/mol. The molecule has 0 aliphatic carbocycles. The van der Waals surface area contributed by atoms with Crippen LogP contribution in [0.2, 0.25) is 0 Å². The maximum absolute atomic E-state index is 13.6. The molecule has 2 aliphatic heterocycles. The van der Waals surface area contributed by atoms with Crippen molar-refractivity contribution in [3.05, 3.63) is 65.8 Å². The van der Waals surface area contributed by atoms with E-state index in [1.165, 1.54) is 18.3 Å². The molecule has 42 heavy (non-hydrogen) atoms. The van der Waals surface area contributed by atoms with E-state index in [0.717, 1.165) is 11.4 Å². The van der Waals surface area contributed by atoms with Crippen LogP contribution in [0, 0.1) is 0 Å². The molecule has 0 radical (unpaired) electrons. The van der Waals surface area contributed by atoms with Gasteiger partial charge in [-0.15, -0.1) is 0 Å². The Morgan fingerprint density at radius 1 is 1.24 bits per heavy atom. The van der Waals surface area contributed by atoms with Gasteiger partial charge in [0.1, 0.15) is 5.75 Å². The third-order valence-corrected chi connectivity index (χ3v) is 7.43.